The summed E-state index contributed by atoms with van der Waals surface area (Å²) in [5, 5.41) is 0. The molecule has 6 atom stereocenters. The Labute approximate surface area is 208 Å². The van der Waals surface area contributed by atoms with E-state index in [0.29, 0.717) is 43.4 Å². The van der Waals surface area contributed by atoms with Crippen molar-refractivity contribution in [2.24, 2.45) is 39.4 Å². The average molecular weight is 485 g/mol. The van der Waals surface area contributed by atoms with Gasteiger partial charge in [-0.2, -0.15) is 0 Å². The van der Waals surface area contributed by atoms with Crippen molar-refractivity contribution in [2.45, 2.75) is 93.4 Å². The van der Waals surface area contributed by atoms with E-state index in [1.807, 2.05) is 41.5 Å². The highest BCUT2D eigenvalue weighted by molar-refractivity contribution is 6.16. The SMILES string of the molecule is CCOC(=O)CC[C@@H](C)[C@H]1CC(=O)[C@@]2(C)C3=C(C(=O)C[C@]12C)[C@@]1(C)CCC(=O)C(C)(C)[C@@H]1CC3=O. The number of hydrogen-bond acceptors (Lipinski definition) is 6. The first-order valence-electron chi connectivity index (χ1n) is 13.2. The molecule has 0 radical (unpaired) electrons. The summed E-state index contributed by atoms with van der Waals surface area (Å²) in [5.41, 5.74) is -2.02. The molecule has 2 saturated carbocycles. The Hall–Kier alpha value is -2.11. The van der Waals surface area contributed by atoms with Crippen LogP contribution in [0.5, 0.6) is 0 Å². The fourth-order valence-corrected chi connectivity index (χ4v) is 8.42. The van der Waals surface area contributed by atoms with Crippen LogP contribution in [0.2, 0.25) is 0 Å². The van der Waals surface area contributed by atoms with Crippen molar-refractivity contribution in [3.63, 3.8) is 0 Å². The van der Waals surface area contributed by atoms with Crippen LogP contribution in [-0.2, 0) is 28.7 Å². The van der Waals surface area contributed by atoms with E-state index in [-0.39, 0.29) is 66.1 Å². The number of carbonyl (C=O) groups excluding carboxylic acids is 5. The predicted octanol–water partition coefficient (Wildman–Crippen LogP) is 4.82. The summed E-state index contributed by atoms with van der Waals surface area (Å²) in [6.45, 7) is 13.9. The first kappa shape index (κ1) is 26.0. The lowest BCUT2D eigenvalue weighted by molar-refractivity contribution is -0.147. The van der Waals surface area contributed by atoms with Gasteiger partial charge >= 0.3 is 5.97 Å². The number of Topliss-reactive ketones (excluding diaryl/α,β-unsaturated/α-hetero) is 4. The standard InChI is InChI=1S/C29H40O6/c1-8-35-23(34)10-9-16(2)17-13-22(33)29(7)25-18(30)14-20-26(3,4)21(32)11-12-27(20,5)24(25)19(31)15-28(17,29)6/h16-17,20H,8-15H2,1-7H3/t16-,17-,20+,27+,28-,29+/m1/s1. The van der Waals surface area contributed by atoms with Gasteiger partial charge in [-0.05, 0) is 49.9 Å². The highest BCUT2D eigenvalue weighted by Crippen LogP contribution is 2.69. The molecule has 2 fully saturated rings. The van der Waals surface area contributed by atoms with Gasteiger partial charge in [0.25, 0.3) is 0 Å². The minimum Gasteiger partial charge on any atom is -0.466 e. The molecule has 4 rings (SSSR count). The highest BCUT2D eigenvalue weighted by Gasteiger charge is 2.70. The maximum Gasteiger partial charge on any atom is 0.305 e. The molecule has 0 aromatic carbocycles. The van der Waals surface area contributed by atoms with Crippen molar-refractivity contribution in [1.29, 1.82) is 0 Å². The number of rotatable bonds is 5. The predicted molar refractivity (Wildman–Crippen MR) is 130 cm³/mol. The van der Waals surface area contributed by atoms with Crippen LogP contribution in [0, 0.1) is 39.4 Å². The second kappa shape index (κ2) is 8.21. The zero-order valence-corrected chi connectivity index (χ0v) is 22.3. The van der Waals surface area contributed by atoms with Crippen molar-refractivity contribution in [1.82, 2.24) is 0 Å². The summed E-state index contributed by atoms with van der Waals surface area (Å²) in [6, 6.07) is 0. The molecule has 0 aliphatic heterocycles. The largest absolute Gasteiger partial charge is 0.466 e. The zero-order chi connectivity index (χ0) is 26.1. The quantitative estimate of drug-likeness (QED) is 0.519. The van der Waals surface area contributed by atoms with Crippen LogP contribution < -0.4 is 0 Å². The van der Waals surface area contributed by atoms with E-state index in [0.717, 1.165) is 0 Å². The fraction of sp³-hybridized carbons (Fsp3) is 0.759. The Morgan fingerprint density at radius 1 is 0.971 bits per heavy atom. The minimum atomic E-state index is -1.03. The molecule has 0 unspecified atom stereocenters. The fourth-order valence-electron chi connectivity index (χ4n) is 8.42. The van der Waals surface area contributed by atoms with E-state index in [2.05, 4.69) is 0 Å². The van der Waals surface area contributed by atoms with Crippen LogP contribution in [0.15, 0.2) is 11.1 Å². The van der Waals surface area contributed by atoms with Gasteiger partial charge in [0.1, 0.15) is 11.6 Å². The molecular weight excluding hydrogens is 444 g/mol. The highest BCUT2D eigenvalue weighted by atomic mass is 16.5. The maximum atomic E-state index is 14.0. The van der Waals surface area contributed by atoms with E-state index in [1.165, 1.54) is 0 Å². The number of fused-ring (bicyclic) bond motifs is 4. The summed E-state index contributed by atoms with van der Waals surface area (Å²) < 4.78 is 5.08. The van der Waals surface area contributed by atoms with Crippen LogP contribution in [0.1, 0.15) is 93.4 Å². The van der Waals surface area contributed by atoms with Gasteiger partial charge in [-0.25, -0.2) is 0 Å². The normalized spacial score (nSPS) is 39.2. The Morgan fingerprint density at radius 3 is 2.26 bits per heavy atom. The second-order valence-corrected chi connectivity index (χ2v) is 12.7. The molecule has 4 aliphatic rings. The van der Waals surface area contributed by atoms with Gasteiger partial charge in [0, 0.05) is 54.1 Å². The van der Waals surface area contributed by atoms with Crippen molar-refractivity contribution >= 4 is 29.1 Å². The lowest BCUT2D eigenvalue weighted by Gasteiger charge is -2.58. The van der Waals surface area contributed by atoms with E-state index in [4.69, 9.17) is 4.74 Å². The molecule has 0 spiro atoms. The van der Waals surface area contributed by atoms with Crippen LogP contribution >= 0.6 is 0 Å². The Morgan fingerprint density at radius 2 is 1.63 bits per heavy atom. The molecule has 192 valence electrons. The molecule has 0 amide bonds. The van der Waals surface area contributed by atoms with Crippen molar-refractivity contribution in [3.8, 4) is 0 Å². The summed E-state index contributed by atoms with van der Waals surface area (Å²) in [4.78, 5) is 66.3. The summed E-state index contributed by atoms with van der Waals surface area (Å²) in [5.74, 6) is -0.581. The molecule has 0 N–H and O–H groups in total. The average Bonchev–Trinajstić information content (AvgIpc) is 2.97. The first-order valence-corrected chi connectivity index (χ1v) is 13.2. The lowest BCUT2D eigenvalue weighted by atomic mass is 9.43. The van der Waals surface area contributed by atoms with Crippen molar-refractivity contribution in [3.05, 3.63) is 11.1 Å². The molecule has 0 aromatic heterocycles. The smallest absolute Gasteiger partial charge is 0.305 e. The number of carbonyl (C=O) groups is 5. The minimum absolute atomic E-state index is 0.0227. The van der Waals surface area contributed by atoms with Crippen LogP contribution in [0.25, 0.3) is 0 Å². The molecular formula is C29H40O6. The number of allylic oxidation sites excluding steroid dienone is 2. The summed E-state index contributed by atoms with van der Waals surface area (Å²) >= 11 is 0. The lowest BCUT2D eigenvalue weighted by Crippen LogP contribution is -2.59. The number of hydrogen-bond donors (Lipinski definition) is 0. The molecule has 0 saturated heterocycles. The summed E-state index contributed by atoms with van der Waals surface area (Å²) in [7, 11) is 0. The van der Waals surface area contributed by atoms with Gasteiger partial charge in [-0.1, -0.05) is 34.6 Å². The van der Waals surface area contributed by atoms with E-state index >= 15 is 0 Å². The number of esters is 1. The third-order valence-electron chi connectivity index (χ3n) is 10.7. The van der Waals surface area contributed by atoms with E-state index in [9.17, 15) is 24.0 Å². The Bertz CT molecular complexity index is 1050. The molecule has 35 heavy (non-hydrogen) atoms. The van der Waals surface area contributed by atoms with Gasteiger partial charge in [0.15, 0.2) is 11.6 Å². The molecule has 0 aromatic rings. The van der Waals surface area contributed by atoms with Gasteiger partial charge in [0.05, 0.1) is 12.0 Å². The maximum absolute atomic E-state index is 14.0. The second-order valence-electron chi connectivity index (χ2n) is 12.7. The van der Waals surface area contributed by atoms with Gasteiger partial charge in [-0.3, -0.25) is 24.0 Å². The number of ketones is 4. The van der Waals surface area contributed by atoms with Gasteiger partial charge in [0.2, 0.25) is 0 Å². The van der Waals surface area contributed by atoms with Crippen LogP contribution in [0.3, 0.4) is 0 Å². The summed E-state index contributed by atoms with van der Waals surface area (Å²) in [6.07, 6.45) is 2.49. The van der Waals surface area contributed by atoms with Crippen molar-refractivity contribution in [2.75, 3.05) is 6.61 Å². The van der Waals surface area contributed by atoms with E-state index in [1.54, 1.807) is 6.92 Å². The zero-order valence-electron chi connectivity index (χ0n) is 22.3. The monoisotopic (exact) mass is 484 g/mol. The van der Waals surface area contributed by atoms with Crippen LogP contribution in [-0.4, -0.2) is 35.7 Å². The van der Waals surface area contributed by atoms with E-state index < -0.39 is 21.7 Å². The molecule has 6 nitrogen and oxygen atoms in total. The van der Waals surface area contributed by atoms with Crippen molar-refractivity contribution < 1.29 is 28.7 Å². The van der Waals surface area contributed by atoms with Gasteiger partial charge in [-0.15, -0.1) is 0 Å². The molecule has 0 bridgehead atoms. The third-order valence-corrected chi connectivity index (χ3v) is 10.7. The topological polar surface area (TPSA) is 94.6 Å². The third kappa shape index (κ3) is 3.37. The number of ether oxygens (including phenoxy) is 1. The Kier molecular flexibility index (Phi) is 6.09. The molecule has 6 heteroatoms. The van der Waals surface area contributed by atoms with Gasteiger partial charge < -0.3 is 4.74 Å². The first-order chi connectivity index (χ1) is 16.2. The molecule has 4 aliphatic carbocycles. The molecule has 0 heterocycles. The van der Waals surface area contributed by atoms with Crippen LogP contribution in [0.4, 0.5) is 0 Å². The Balaban J connectivity index is 1.78.